The molecule has 2 heterocycles. The van der Waals surface area contributed by atoms with Crippen molar-refractivity contribution < 1.29 is 4.92 Å². The Morgan fingerprint density at radius 1 is 1.29 bits per heavy atom. The minimum absolute atomic E-state index is 0.00167. The minimum atomic E-state index is -0.422. The van der Waals surface area contributed by atoms with Gasteiger partial charge in [-0.2, -0.15) is 0 Å². The van der Waals surface area contributed by atoms with Gasteiger partial charge in [0.15, 0.2) is 0 Å². The number of aromatic amines is 1. The van der Waals surface area contributed by atoms with Gasteiger partial charge in [-0.05, 0) is 25.1 Å². The lowest BCUT2D eigenvalue weighted by molar-refractivity contribution is -0.383. The van der Waals surface area contributed by atoms with E-state index in [2.05, 4.69) is 20.3 Å². The van der Waals surface area contributed by atoms with Crippen LogP contribution >= 0.6 is 0 Å². The van der Waals surface area contributed by atoms with Gasteiger partial charge in [0.2, 0.25) is 0 Å². The normalized spacial score (nSPS) is 12.2. The van der Waals surface area contributed by atoms with Crippen LogP contribution in [-0.2, 0) is 0 Å². The molecule has 2 N–H and O–H groups in total. The number of nitrogens with one attached hydrogen (secondary N) is 2. The number of rotatable bonds is 4. The molecule has 0 amide bonds. The molecule has 0 spiro atoms. The van der Waals surface area contributed by atoms with Crippen LogP contribution in [0.5, 0.6) is 0 Å². The molecule has 0 aliphatic rings. The molecule has 1 atom stereocenters. The van der Waals surface area contributed by atoms with Gasteiger partial charge in [0.05, 0.1) is 11.0 Å². The van der Waals surface area contributed by atoms with Gasteiger partial charge in [-0.15, -0.1) is 0 Å². The summed E-state index contributed by atoms with van der Waals surface area (Å²) in [6, 6.07) is 6.68. The minimum Gasteiger partial charge on any atom is -0.375 e. The number of benzene rings is 1. The zero-order valence-electron chi connectivity index (χ0n) is 11.3. The van der Waals surface area contributed by atoms with Gasteiger partial charge < -0.3 is 10.3 Å². The van der Waals surface area contributed by atoms with Crippen molar-refractivity contribution in [3.05, 3.63) is 58.8 Å². The summed E-state index contributed by atoms with van der Waals surface area (Å²) in [6.45, 7) is 1.96. The SMILES string of the molecule is CC(Nc1ccc([N+](=O)[O-])c2ncccc12)c1ncc[nH]1. The molecular weight excluding hydrogens is 270 g/mol. The van der Waals surface area contributed by atoms with Crippen LogP contribution in [0.1, 0.15) is 18.8 Å². The molecule has 0 radical (unpaired) electrons. The Morgan fingerprint density at radius 3 is 2.86 bits per heavy atom. The van der Waals surface area contributed by atoms with Crippen LogP contribution in [0.4, 0.5) is 11.4 Å². The van der Waals surface area contributed by atoms with E-state index in [4.69, 9.17) is 0 Å². The summed E-state index contributed by atoms with van der Waals surface area (Å²) in [7, 11) is 0. The number of H-pyrrole nitrogens is 1. The number of nitrogens with zero attached hydrogens (tertiary/aromatic N) is 3. The van der Waals surface area contributed by atoms with E-state index in [-0.39, 0.29) is 11.7 Å². The van der Waals surface area contributed by atoms with E-state index >= 15 is 0 Å². The number of imidazole rings is 1. The van der Waals surface area contributed by atoms with E-state index in [0.717, 1.165) is 11.5 Å². The standard InChI is InChI=1S/C14H13N5O2/c1-9(14-16-7-8-17-14)18-11-4-5-12(19(20)21)13-10(11)3-2-6-15-13/h2-9,18H,1H3,(H,16,17). The molecule has 3 aromatic rings. The van der Waals surface area contributed by atoms with E-state index in [1.165, 1.54) is 6.07 Å². The van der Waals surface area contributed by atoms with Crippen LogP contribution in [-0.4, -0.2) is 19.9 Å². The van der Waals surface area contributed by atoms with Crippen molar-refractivity contribution >= 4 is 22.3 Å². The van der Waals surface area contributed by atoms with Gasteiger partial charge in [0.1, 0.15) is 11.3 Å². The smallest absolute Gasteiger partial charge is 0.295 e. The van der Waals surface area contributed by atoms with E-state index in [1.54, 1.807) is 30.7 Å². The highest BCUT2D eigenvalue weighted by Gasteiger charge is 2.17. The first-order valence-corrected chi connectivity index (χ1v) is 6.45. The monoisotopic (exact) mass is 283 g/mol. The molecule has 7 nitrogen and oxygen atoms in total. The number of nitro groups is 1. The first kappa shape index (κ1) is 13.0. The zero-order valence-corrected chi connectivity index (χ0v) is 11.3. The quantitative estimate of drug-likeness (QED) is 0.566. The lowest BCUT2D eigenvalue weighted by atomic mass is 10.1. The van der Waals surface area contributed by atoms with Gasteiger partial charge in [-0.1, -0.05) is 0 Å². The second kappa shape index (κ2) is 5.20. The number of anilines is 1. The first-order chi connectivity index (χ1) is 10.2. The third-order valence-corrected chi connectivity index (χ3v) is 3.25. The van der Waals surface area contributed by atoms with Crippen LogP contribution in [0, 0.1) is 10.1 Å². The number of hydrogen-bond donors (Lipinski definition) is 2. The summed E-state index contributed by atoms with van der Waals surface area (Å²) in [5, 5.41) is 15.1. The average Bonchev–Trinajstić information content (AvgIpc) is 3.01. The highest BCUT2D eigenvalue weighted by Crippen LogP contribution is 2.31. The summed E-state index contributed by atoms with van der Waals surface area (Å²) in [5.74, 6) is 0.797. The molecule has 3 rings (SSSR count). The fraction of sp³-hybridized carbons (Fsp3) is 0.143. The largest absolute Gasteiger partial charge is 0.375 e. The summed E-state index contributed by atoms with van der Waals surface area (Å²) < 4.78 is 0. The molecule has 0 bridgehead atoms. The highest BCUT2D eigenvalue weighted by molar-refractivity contribution is 5.96. The molecule has 0 saturated heterocycles. The van der Waals surface area contributed by atoms with Crippen molar-refractivity contribution in [2.45, 2.75) is 13.0 Å². The molecule has 106 valence electrons. The molecule has 0 aliphatic carbocycles. The third kappa shape index (κ3) is 2.40. The van der Waals surface area contributed by atoms with Crippen LogP contribution < -0.4 is 5.32 Å². The van der Waals surface area contributed by atoms with Crippen molar-refractivity contribution in [3.8, 4) is 0 Å². The Balaban J connectivity index is 2.04. The number of hydrogen-bond acceptors (Lipinski definition) is 5. The maximum atomic E-state index is 11.1. The van der Waals surface area contributed by atoms with Crippen LogP contribution in [0.15, 0.2) is 42.9 Å². The number of aromatic nitrogens is 3. The third-order valence-electron chi connectivity index (χ3n) is 3.25. The van der Waals surface area contributed by atoms with Gasteiger partial charge in [-0.25, -0.2) is 9.97 Å². The van der Waals surface area contributed by atoms with E-state index in [1.807, 2.05) is 13.0 Å². The van der Waals surface area contributed by atoms with Crippen molar-refractivity contribution in [1.29, 1.82) is 0 Å². The van der Waals surface area contributed by atoms with Gasteiger partial charge in [0.25, 0.3) is 5.69 Å². The fourth-order valence-electron chi connectivity index (χ4n) is 2.25. The molecule has 1 aromatic carbocycles. The molecule has 1 unspecified atom stereocenters. The Morgan fingerprint density at radius 2 is 2.14 bits per heavy atom. The van der Waals surface area contributed by atoms with Crippen LogP contribution in [0.25, 0.3) is 10.9 Å². The van der Waals surface area contributed by atoms with Gasteiger partial charge in [0, 0.05) is 35.7 Å². The fourth-order valence-corrected chi connectivity index (χ4v) is 2.25. The highest BCUT2D eigenvalue weighted by atomic mass is 16.6. The Labute approximate surface area is 120 Å². The number of nitro benzene ring substituents is 1. The van der Waals surface area contributed by atoms with Gasteiger partial charge >= 0.3 is 0 Å². The van der Waals surface area contributed by atoms with Crippen molar-refractivity contribution in [2.24, 2.45) is 0 Å². The Hall–Kier alpha value is -2.96. The number of pyridine rings is 1. The molecule has 21 heavy (non-hydrogen) atoms. The second-order valence-electron chi connectivity index (χ2n) is 4.63. The maximum absolute atomic E-state index is 11.1. The lowest BCUT2D eigenvalue weighted by Gasteiger charge is -2.14. The number of fused-ring (bicyclic) bond motifs is 1. The van der Waals surface area contributed by atoms with E-state index < -0.39 is 4.92 Å². The predicted molar refractivity (Wildman–Crippen MR) is 79.0 cm³/mol. The molecular formula is C14H13N5O2. The summed E-state index contributed by atoms with van der Waals surface area (Å²) in [6.07, 6.45) is 4.99. The molecule has 7 heteroatoms. The topological polar surface area (TPSA) is 96.7 Å². The Kier molecular flexibility index (Phi) is 3.23. The maximum Gasteiger partial charge on any atom is 0.295 e. The average molecular weight is 283 g/mol. The van der Waals surface area contributed by atoms with E-state index in [0.29, 0.717) is 10.9 Å². The first-order valence-electron chi connectivity index (χ1n) is 6.45. The second-order valence-corrected chi connectivity index (χ2v) is 4.63. The van der Waals surface area contributed by atoms with Crippen molar-refractivity contribution in [1.82, 2.24) is 15.0 Å². The Bertz CT molecular complexity index is 785. The molecule has 0 fully saturated rings. The van der Waals surface area contributed by atoms with Gasteiger partial charge in [-0.3, -0.25) is 10.1 Å². The van der Waals surface area contributed by atoms with E-state index in [9.17, 15) is 10.1 Å². The van der Waals surface area contributed by atoms with Crippen LogP contribution in [0.3, 0.4) is 0 Å². The molecule has 0 saturated carbocycles. The summed E-state index contributed by atoms with van der Waals surface area (Å²) in [5.41, 5.74) is 1.16. The summed E-state index contributed by atoms with van der Waals surface area (Å²) >= 11 is 0. The van der Waals surface area contributed by atoms with Crippen LogP contribution in [0.2, 0.25) is 0 Å². The zero-order chi connectivity index (χ0) is 14.8. The molecule has 0 aliphatic heterocycles. The van der Waals surface area contributed by atoms with Crippen molar-refractivity contribution in [3.63, 3.8) is 0 Å². The molecule has 2 aromatic heterocycles. The van der Waals surface area contributed by atoms with Crippen molar-refractivity contribution in [2.75, 3.05) is 5.32 Å². The number of non-ortho nitro benzene ring substituents is 1. The lowest BCUT2D eigenvalue weighted by Crippen LogP contribution is -2.09. The summed E-state index contributed by atoms with van der Waals surface area (Å²) in [4.78, 5) is 22.0. The predicted octanol–water partition coefficient (Wildman–Crippen LogP) is 3.04.